The topological polar surface area (TPSA) is 87.7 Å². The highest BCUT2D eigenvalue weighted by Crippen LogP contribution is 2.27. The molecule has 2 aliphatic rings. The second-order valence-electron chi connectivity index (χ2n) is 5.62. The van der Waals surface area contributed by atoms with Crippen LogP contribution < -0.4 is 10.6 Å². The number of amides is 2. The first-order valence-corrected chi connectivity index (χ1v) is 6.93. The Balaban J connectivity index is 1.87. The lowest BCUT2D eigenvalue weighted by molar-refractivity contribution is -0.144. The number of carboxylic acids is 1. The van der Waals surface area contributed by atoms with Crippen LogP contribution in [0, 0.1) is 5.92 Å². The van der Waals surface area contributed by atoms with Gasteiger partial charge in [0.1, 0.15) is 0 Å². The number of ether oxygens (including phenoxy) is 1. The molecule has 6 heteroatoms. The van der Waals surface area contributed by atoms with E-state index in [4.69, 9.17) is 4.74 Å². The molecular weight excluding hydrogens is 248 g/mol. The second-order valence-corrected chi connectivity index (χ2v) is 5.62. The average Bonchev–Trinajstić information content (AvgIpc) is 2.99. The van der Waals surface area contributed by atoms with Crippen molar-refractivity contribution in [1.82, 2.24) is 10.6 Å². The molecule has 0 bridgehead atoms. The Hall–Kier alpha value is -1.30. The van der Waals surface area contributed by atoms with E-state index < -0.39 is 17.5 Å². The molecule has 0 aromatic heterocycles. The minimum Gasteiger partial charge on any atom is -0.479 e. The standard InChI is InChI=1S/C13H22N2O4/c1-9(10-4-2-3-5-10)14-12(18)15-13(11(16)17)6-7-19-8-13/h9-10H,2-8H2,1H3,(H,16,17)(H2,14,15,18). The van der Waals surface area contributed by atoms with Gasteiger partial charge < -0.3 is 20.5 Å². The quantitative estimate of drug-likeness (QED) is 0.714. The first-order chi connectivity index (χ1) is 9.03. The molecule has 2 rings (SSSR count). The monoisotopic (exact) mass is 270 g/mol. The van der Waals surface area contributed by atoms with Gasteiger partial charge in [-0.05, 0) is 25.7 Å². The van der Waals surface area contributed by atoms with E-state index >= 15 is 0 Å². The van der Waals surface area contributed by atoms with Crippen molar-refractivity contribution >= 4 is 12.0 Å². The SMILES string of the molecule is CC(NC(=O)NC1(C(=O)O)CCOC1)C1CCCC1. The smallest absolute Gasteiger partial charge is 0.332 e. The van der Waals surface area contributed by atoms with Gasteiger partial charge in [-0.15, -0.1) is 0 Å². The molecule has 1 heterocycles. The summed E-state index contributed by atoms with van der Waals surface area (Å²) in [6.45, 7) is 2.38. The maximum absolute atomic E-state index is 11.9. The maximum atomic E-state index is 11.9. The van der Waals surface area contributed by atoms with Crippen LogP contribution in [0.1, 0.15) is 39.0 Å². The van der Waals surface area contributed by atoms with Gasteiger partial charge >= 0.3 is 12.0 Å². The number of aliphatic carboxylic acids is 1. The summed E-state index contributed by atoms with van der Waals surface area (Å²) in [7, 11) is 0. The minimum atomic E-state index is -1.26. The Morgan fingerprint density at radius 2 is 2.05 bits per heavy atom. The van der Waals surface area contributed by atoms with Crippen molar-refractivity contribution in [2.75, 3.05) is 13.2 Å². The Bertz CT molecular complexity index is 347. The van der Waals surface area contributed by atoms with Gasteiger partial charge in [-0.3, -0.25) is 0 Å². The van der Waals surface area contributed by atoms with Crippen molar-refractivity contribution < 1.29 is 19.4 Å². The zero-order valence-corrected chi connectivity index (χ0v) is 11.3. The summed E-state index contributed by atoms with van der Waals surface area (Å²) in [5, 5.41) is 14.7. The lowest BCUT2D eigenvalue weighted by atomic mass is 9.98. The van der Waals surface area contributed by atoms with Gasteiger partial charge in [0, 0.05) is 19.1 Å². The molecule has 6 nitrogen and oxygen atoms in total. The summed E-state index contributed by atoms with van der Waals surface area (Å²) >= 11 is 0. The van der Waals surface area contributed by atoms with E-state index in [1.807, 2.05) is 6.92 Å². The van der Waals surface area contributed by atoms with E-state index in [-0.39, 0.29) is 12.6 Å². The van der Waals surface area contributed by atoms with Crippen molar-refractivity contribution in [1.29, 1.82) is 0 Å². The molecule has 1 saturated heterocycles. The highest BCUT2D eigenvalue weighted by Gasteiger charge is 2.44. The van der Waals surface area contributed by atoms with E-state index in [0.717, 1.165) is 12.8 Å². The first kappa shape index (κ1) is 14.1. The molecule has 0 radical (unpaired) electrons. The summed E-state index contributed by atoms with van der Waals surface area (Å²) in [5.41, 5.74) is -1.26. The molecule has 1 aliphatic carbocycles. The highest BCUT2D eigenvalue weighted by molar-refractivity contribution is 5.86. The van der Waals surface area contributed by atoms with Crippen LogP contribution in [-0.2, 0) is 9.53 Å². The Morgan fingerprint density at radius 1 is 1.37 bits per heavy atom. The summed E-state index contributed by atoms with van der Waals surface area (Å²) in [4.78, 5) is 23.2. The van der Waals surface area contributed by atoms with Gasteiger partial charge in [0.2, 0.25) is 0 Å². The number of hydrogen-bond donors (Lipinski definition) is 3. The molecule has 0 spiro atoms. The van der Waals surface area contributed by atoms with E-state index in [1.165, 1.54) is 12.8 Å². The van der Waals surface area contributed by atoms with Gasteiger partial charge in [-0.1, -0.05) is 12.8 Å². The lowest BCUT2D eigenvalue weighted by Gasteiger charge is -2.26. The predicted molar refractivity (Wildman–Crippen MR) is 68.9 cm³/mol. The molecular formula is C13H22N2O4. The van der Waals surface area contributed by atoms with Crippen LogP contribution >= 0.6 is 0 Å². The summed E-state index contributed by atoms with van der Waals surface area (Å²) in [6, 6.07) is -0.331. The van der Waals surface area contributed by atoms with Gasteiger partial charge in [0.05, 0.1) is 6.61 Å². The van der Waals surface area contributed by atoms with E-state index in [2.05, 4.69) is 10.6 Å². The van der Waals surface area contributed by atoms with Gasteiger partial charge in [0.25, 0.3) is 0 Å². The van der Waals surface area contributed by atoms with Crippen molar-refractivity contribution in [3.63, 3.8) is 0 Å². The Labute approximate surface area is 112 Å². The molecule has 19 heavy (non-hydrogen) atoms. The normalized spacial score (nSPS) is 29.1. The third-order valence-electron chi connectivity index (χ3n) is 4.25. The van der Waals surface area contributed by atoms with Crippen molar-refractivity contribution in [3.05, 3.63) is 0 Å². The number of nitrogens with one attached hydrogen (secondary N) is 2. The van der Waals surface area contributed by atoms with Crippen molar-refractivity contribution in [2.24, 2.45) is 5.92 Å². The predicted octanol–water partition coefficient (Wildman–Crippen LogP) is 1.11. The van der Waals surface area contributed by atoms with Crippen molar-refractivity contribution in [3.8, 4) is 0 Å². The summed E-state index contributed by atoms with van der Waals surface area (Å²) < 4.78 is 5.10. The second kappa shape index (κ2) is 5.77. The molecule has 0 aromatic rings. The molecule has 1 saturated carbocycles. The fourth-order valence-electron chi connectivity index (χ4n) is 2.92. The zero-order chi connectivity index (χ0) is 13.9. The van der Waals surface area contributed by atoms with E-state index in [0.29, 0.717) is 18.9 Å². The van der Waals surface area contributed by atoms with Crippen LogP contribution in [0.25, 0.3) is 0 Å². The number of urea groups is 1. The number of hydrogen-bond acceptors (Lipinski definition) is 3. The maximum Gasteiger partial charge on any atom is 0.332 e. The van der Waals surface area contributed by atoms with E-state index in [9.17, 15) is 14.7 Å². The van der Waals surface area contributed by atoms with Crippen LogP contribution in [0.5, 0.6) is 0 Å². The van der Waals surface area contributed by atoms with Crippen LogP contribution in [-0.4, -0.2) is 41.9 Å². The fourth-order valence-corrected chi connectivity index (χ4v) is 2.92. The third-order valence-corrected chi connectivity index (χ3v) is 4.25. The van der Waals surface area contributed by atoms with Gasteiger partial charge in [0.15, 0.2) is 5.54 Å². The molecule has 2 atom stereocenters. The summed E-state index contributed by atoms with van der Waals surface area (Å²) in [5.74, 6) is -0.528. The third kappa shape index (κ3) is 3.18. The van der Waals surface area contributed by atoms with Crippen LogP contribution in [0.15, 0.2) is 0 Å². The molecule has 1 aliphatic heterocycles. The highest BCUT2D eigenvalue weighted by atomic mass is 16.5. The molecule has 3 N–H and O–H groups in total. The summed E-state index contributed by atoms with van der Waals surface area (Å²) in [6.07, 6.45) is 5.01. The van der Waals surface area contributed by atoms with Crippen LogP contribution in [0.4, 0.5) is 4.79 Å². The first-order valence-electron chi connectivity index (χ1n) is 6.93. The van der Waals surface area contributed by atoms with Gasteiger partial charge in [-0.25, -0.2) is 9.59 Å². The fraction of sp³-hybridized carbons (Fsp3) is 0.846. The Morgan fingerprint density at radius 3 is 2.58 bits per heavy atom. The average molecular weight is 270 g/mol. The molecule has 2 unspecified atom stereocenters. The molecule has 0 aromatic carbocycles. The molecule has 2 fully saturated rings. The van der Waals surface area contributed by atoms with Gasteiger partial charge in [-0.2, -0.15) is 0 Å². The number of carbonyl (C=O) groups is 2. The van der Waals surface area contributed by atoms with Crippen molar-refractivity contribution in [2.45, 2.75) is 50.6 Å². The minimum absolute atomic E-state index is 0.0353. The molecule has 108 valence electrons. The molecule has 2 amide bonds. The number of carbonyl (C=O) groups excluding carboxylic acids is 1. The zero-order valence-electron chi connectivity index (χ0n) is 11.3. The van der Waals surface area contributed by atoms with E-state index in [1.54, 1.807) is 0 Å². The number of rotatable bonds is 4. The lowest BCUT2D eigenvalue weighted by Crippen LogP contribution is -2.59. The van der Waals surface area contributed by atoms with Crippen LogP contribution in [0.3, 0.4) is 0 Å². The van der Waals surface area contributed by atoms with Crippen LogP contribution in [0.2, 0.25) is 0 Å². The Kier molecular flexibility index (Phi) is 4.29. The number of carboxylic acid groups (broad SMARTS) is 1. The largest absolute Gasteiger partial charge is 0.479 e.